The van der Waals surface area contributed by atoms with Crippen LogP contribution in [0.25, 0.3) is 0 Å². The fourth-order valence-electron chi connectivity index (χ4n) is 6.81. The molecule has 0 saturated heterocycles. The minimum atomic E-state index is 1.01. The van der Waals surface area contributed by atoms with Gasteiger partial charge in [0.15, 0.2) is 0 Å². The minimum absolute atomic E-state index is 1.01. The Morgan fingerprint density at radius 2 is 1.64 bits per heavy atom. The fourth-order valence-corrected chi connectivity index (χ4v) is 6.81. The molecule has 3 aliphatic rings. The molecule has 0 aromatic carbocycles. The van der Waals surface area contributed by atoms with E-state index in [2.05, 4.69) is 20.8 Å². The van der Waals surface area contributed by atoms with Crippen molar-refractivity contribution in [2.45, 2.75) is 97.8 Å². The van der Waals surface area contributed by atoms with E-state index in [0.29, 0.717) is 0 Å². The molecule has 0 amide bonds. The molecule has 3 saturated carbocycles. The minimum Gasteiger partial charge on any atom is -0.0654 e. The molecule has 0 bridgehead atoms. The van der Waals surface area contributed by atoms with Gasteiger partial charge in [-0.15, -0.1) is 0 Å². The lowest BCUT2D eigenvalue weighted by Gasteiger charge is -2.49. The molecule has 0 heteroatoms. The molecule has 0 aromatic heterocycles. The molecule has 0 N–H and O–H groups in total. The number of hydrogen-bond donors (Lipinski definition) is 0. The maximum atomic E-state index is 2.61. The van der Waals surface area contributed by atoms with Gasteiger partial charge in [-0.05, 0) is 73.5 Å². The average molecular weight is 305 g/mol. The van der Waals surface area contributed by atoms with Crippen molar-refractivity contribution in [1.82, 2.24) is 0 Å². The Bertz CT molecular complexity index is 325. The van der Waals surface area contributed by atoms with Crippen LogP contribution in [-0.2, 0) is 0 Å². The Hall–Kier alpha value is 0. The van der Waals surface area contributed by atoms with E-state index in [-0.39, 0.29) is 0 Å². The molecule has 0 aromatic rings. The molecule has 5 atom stereocenters. The van der Waals surface area contributed by atoms with Gasteiger partial charge in [0.05, 0.1) is 0 Å². The Labute approximate surface area is 139 Å². The summed E-state index contributed by atoms with van der Waals surface area (Å²) in [6.07, 6.45) is 18.3. The Balaban J connectivity index is 1.72. The molecule has 5 unspecified atom stereocenters. The van der Waals surface area contributed by atoms with E-state index in [4.69, 9.17) is 0 Å². The topological polar surface area (TPSA) is 0 Å². The summed E-state index contributed by atoms with van der Waals surface area (Å²) in [5.74, 6) is 7.59. The normalized spacial score (nSPS) is 45.7. The first-order chi connectivity index (χ1) is 10.7. The van der Waals surface area contributed by atoms with Gasteiger partial charge in [0, 0.05) is 0 Å². The van der Waals surface area contributed by atoms with Gasteiger partial charge < -0.3 is 0 Å². The molecular weight excluding hydrogens is 264 g/mol. The van der Waals surface area contributed by atoms with E-state index in [1.54, 1.807) is 57.8 Å². The first-order valence-corrected chi connectivity index (χ1v) is 10.7. The van der Waals surface area contributed by atoms with Gasteiger partial charge in [0.2, 0.25) is 0 Å². The van der Waals surface area contributed by atoms with Crippen LogP contribution in [0.2, 0.25) is 0 Å². The summed E-state index contributed by atoms with van der Waals surface area (Å²) in [5.41, 5.74) is 0. The second kappa shape index (κ2) is 7.71. The van der Waals surface area contributed by atoms with Crippen LogP contribution in [0.4, 0.5) is 0 Å². The predicted octanol–water partition coefficient (Wildman–Crippen LogP) is 7.08. The molecule has 3 fully saturated rings. The lowest BCUT2D eigenvalue weighted by Crippen LogP contribution is -2.42. The van der Waals surface area contributed by atoms with Gasteiger partial charge in [0.25, 0.3) is 0 Å². The number of fused-ring (bicyclic) bond motifs is 1. The van der Waals surface area contributed by atoms with Gasteiger partial charge >= 0.3 is 0 Å². The van der Waals surface area contributed by atoms with Crippen LogP contribution in [0.1, 0.15) is 97.8 Å². The monoisotopic (exact) mass is 304 g/mol. The van der Waals surface area contributed by atoms with Gasteiger partial charge in [-0.1, -0.05) is 65.7 Å². The zero-order valence-corrected chi connectivity index (χ0v) is 15.5. The van der Waals surface area contributed by atoms with Crippen molar-refractivity contribution in [2.24, 2.45) is 41.4 Å². The van der Waals surface area contributed by atoms with Crippen LogP contribution in [0.15, 0.2) is 0 Å². The highest BCUT2D eigenvalue weighted by molar-refractivity contribution is 4.97. The van der Waals surface area contributed by atoms with Crippen molar-refractivity contribution in [2.75, 3.05) is 0 Å². The Kier molecular flexibility index (Phi) is 5.91. The van der Waals surface area contributed by atoms with Crippen molar-refractivity contribution in [1.29, 1.82) is 0 Å². The summed E-state index contributed by atoms with van der Waals surface area (Å²) in [4.78, 5) is 0. The van der Waals surface area contributed by atoms with E-state index in [0.717, 1.165) is 41.4 Å². The van der Waals surface area contributed by atoms with E-state index in [1.807, 2.05) is 0 Å². The van der Waals surface area contributed by atoms with Crippen LogP contribution in [-0.4, -0.2) is 0 Å². The summed E-state index contributed by atoms with van der Waals surface area (Å²) in [6, 6.07) is 0. The van der Waals surface area contributed by atoms with Crippen molar-refractivity contribution < 1.29 is 0 Å². The fraction of sp³-hybridized carbons (Fsp3) is 1.00. The number of hydrogen-bond acceptors (Lipinski definition) is 0. The second-order valence-corrected chi connectivity index (χ2v) is 9.14. The average Bonchev–Trinajstić information content (AvgIpc) is 3.00. The van der Waals surface area contributed by atoms with E-state index < -0.39 is 0 Å². The first-order valence-electron chi connectivity index (χ1n) is 10.7. The lowest BCUT2D eigenvalue weighted by molar-refractivity contribution is -0.00258. The van der Waals surface area contributed by atoms with Crippen LogP contribution in [0.5, 0.6) is 0 Å². The van der Waals surface area contributed by atoms with Crippen molar-refractivity contribution in [3.05, 3.63) is 0 Å². The highest BCUT2D eigenvalue weighted by atomic mass is 14.5. The smallest absolute Gasteiger partial charge is 0.0324 e. The third-order valence-corrected chi connectivity index (χ3v) is 8.02. The standard InChI is InChI=1S/C22H40/c1-4-6-9-20-16(3)15-19-8-7-10-21(19)22(20)18-13-11-17(5-2)12-14-18/h16-22H,4-15H2,1-3H3. The molecular formula is C22H40. The maximum absolute atomic E-state index is 2.61. The Morgan fingerprint density at radius 1 is 0.864 bits per heavy atom. The second-order valence-electron chi connectivity index (χ2n) is 9.14. The highest BCUT2D eigenvalue weighted by Gasteiger charge is 2.47. The van der Waals surface area contributed by atoms with Crippen molar-refractivity contribution in [3.8, 4) is 0 Å². The molecule has 22 heavy (non-hydrogen) atoms. The van der Waals surface area contributed by atoms with Crippen LogP contribution >= 0.6 is 0 Å². The highest BCUT2D eigenvalue weighted by Crippen LogP contribution is 2.56. The van der Waals surface area contributed by atoms with Crippen LogP contribution in [0, 0.1) is 41.4 Å². The molecule has 0 heterocycles. The molecule has 0 radical (unpaired) electrons. The predicted molar refractivity (Wildman–Crippen MR) is 96.9 cm³/mol. The summed E-state index contributed by atoms with van der Waals surface area (Å²) >= 11 is 0. The summed E-state index contributed by atoms with van der Waals surface area (Å²) in [6.45, 7) is 7.40. The van der Waals surface area contributed by atoms with E-state index in [9.17, 15) is 0 Å². The van der Waals surface area contributed by atoms with Crippen LogP contribution < -0.4 is 0 Å². The summed E-state index contributed by atoms with van der Waals surface area (Å²) < 4.78 is 0. The third-order valence-electron chi connectivity index (χ3n) is 8.02. The van der Waals surface area contributed by atoms with Gasteiger partial charge in [-0.2, -0.15) is 0 Å². The van der Waals surface area contributed by atoms with Crippen LogP contribution in [0.3, 0.4) is 0 Å². The largest absolute Gasteiger partial charge is 0.0654 e. The van der Waals surface area contributed by atoms with E-state index >= 15 is 0 Å². The SMILES string of the molecule is CCCCC1C(C)CC2CCCC2C1C1CCC(CC)CC1. The summed E-state index contributed by atoms with van der Waals surface area (Å²) in [7, 11) is 0. The maximum Gasteiger partial charge on any atom is -0.0324 e. The Morgan fingerprint density at radius 3 is 2.32 bits per heavy atom. The van der Waals surface area contributed by atoms with Gasteiger partial charge in [-0.25, -0.2) is 0 Å². The van der Waals surface area contributed by atoms with E-state index in [1.165, 1.54) is 19.3 Å². The zero-order valence-electron chi connectivity index (χ0n) is 15.5. The molecule has 128 valence electrons. The zero-order chi connectivity index (χ0) is 15.5. The van der Waals surface area contributed by atoms with Crippen molar-refractivity contribution >= 4 is 0 Å². The quantitative estimate of drug-likeness (QED) is 0.509. The first kappa shape index (κ1) is 16.8. The van der Waals surface area contributed by atoms with Crippen molar-refractivity contribution in [3.63, 3.8) is 0 Å². The third kappa shape index (κ3) is 3.41. The summed E-state index contributed by atoms with van der Waals surface area (Å²) in [5, 5.41) is 0. The molecule has 0 nitrogen and oxygen atoms in total. The molecule has 0 spiro atoms. The molecule has 0 aliphatic heterocycles. The molecule has 3 rings (SSSR count). The van der Waals surface area contributed by atoms with Gasteiger partial charge in [-0.3, -0.25) is 0 Å². The van der Waals surface area contributed by atoms with Gasteiger partial charge in [0.1, 0.15) is 0 Å². The molecule has 3 aliphatic carbocycles. The number of rotatable bonds is 5. The number of unbranched alkanes of at least 4 members (excludes halogenated alkanes) is 1. The lowest BCUT2D eigenvalue weighted by atomic mass is 9.56.